The molecule has 2 N–H and O–H groups in total. The summed E-state index contributed by atoms with van der Waals surface area (Å²) in [6, 6.07) is 9.18. The van der Waals surface area contributed by atoms with Crippen LogP contribution in [0.4, 0.5) is 10.5 Å². The van der Waals surface area contributed by atoms with Crippen LogP contribution in [0, 0.1) is 0 Å². The maximum Gasteiger partial charge on any atom is 0.319 e. The highest BCUT2D eigenvalue weighted by molar-refractivity contribution is 5.89. The van der Waals surface area contributed by atoms with Crippen LogP contribution in [0.5, 0.6) is 0 Å². The lowest BCUT2D eigenvalue weighted by molar-refractivity contribution is -0.186. The molecule has 1 aliphatic carbocycles. The number of nitrogens with one attached hydrogen (secondary N) is 2. The molecule has 1 atom stereocenters. The van der Waals surface area contributed by atoms with Crippen LogP contribution in [-0.2, 0) is 9.47 Å². The topological polar surface area (TPSA) is 59.6 Å². The van der Waals surface area contributed by atoms with Crippen LogP contribution in [0.25, 0.3) is 0 Å². The number of para-hydroxylation sites is 1. The summed E-state index contributed by atoms with van der Waals surface area (Å²) in [6.07, 6.45) is 5.48. The number of ether oxygens (including phenoxy) is 2. The lowest BCUT2D eigenvalue weighted by Crippen LogP contribution is -2.38. The quantitative estimate of drug-likeness (QED) is 0.900. The Hall–Kier alpha value is -1.59. The second-order valence-corrected chi connectivity index (χ2v) is 5.72. The van der Waals surface area contributed by atoms with Gasteiger partial charge in [-0.25, -0.2) is 4.79 Å². The molecule has 5 heteroatoms. The van der Waals surface area contributed by atoms with Crippen molar-refractivity contribution in [2.75, 3.05) is 18.5 Å². The van der Waals surface area contributed by atoms with Crippen molar-refractivity contribution < 1.29 is 14.3 Å². The van der Waals surface area contributed by atoms with Crippen molar-refractivity contribution in [3.8, 4) is 0 Å². The van der Waals surface area contributed by atoms with Crippen LogP contribution in [0.1, 0.15) is 32.1 Å². The Balaban J connectivity index is 1.42. The Bertz CT molecular complexity index is 472. The molecule has 5 nitrogen and oxygen atoms in total. The normalized spacial score (nSPS) is 23.9. The Morgan fingerprint density at radius 1 is 1.19 bits per heavy atom. The minimum atomic E-state index is -0.375. The average Bonchev–Trinajstić information content (AvgIpc) is 2.90. The molecule has 1 saturated heterocycles. The van der Waals surface area contributed by atoms with Gasteiger partial charge in [-0.2, -0.15) is 0 Å². The summed E-state index contributed by atoms with van der Waals surface area (Å²) >= 11 is 0. The molecule has 2 aliphatic rings. The largest absolute Gasteiger partial charge is 0.347 e. The summed E-state index contributed by atoms with van der Waals surface area (Å²) in [4.78, 5) is 11.8. The first-order valence-corrected chi connectivity index (χ1v) is 7.67. The Labute approximate surface area is 125 Å². The van der Waals surface area contributed by atoms with Crippen molar-refractivity contribution in [2.24, 2.45) is 0 Å². The number of urea groups is 1. The molecule has 2 fully saturated rings. The summed E-state index contributed by atoms with van der Waals surface area (Å²) in [5.74, 6) is -0.375. The lowest BCUT2D eigenvalue weighted by atomic mass is 9.94. The zero-order valence-corrected chi connectivity index (χ0v) is 12.1. The first-order chi connectivity index (χ1) is 10.3. The van der Waals surface area contributed by atoms with E-state index in [1.165, 1.54) is 6.42 Å². The summed E-state index contributed by atoms with van der Waals surface area (Å²) in [5.41, 5.74) is 0.780. The molecule has 1 unspecified atom stereocenters. The van der Waals surface area contributed by atoms with E-state index in [0.717, 1.165) is 31.4 Å². The molecule has 1 spiro atoms. The predicted molar refractivity (Wildman–Crippen MR) is 80.1 cm³/mol. The van der Waals surface area contributed by atoms with Gasteiger partial charge in [0.15, 0.2) is 5.79 Å². The molecular weight excluding hydrogens is 268 g/mol. The van der Waals surface area contributed by atoms with Gasteiger partial charge in [0.2, 0.25) is 0 Å². The summed E-state index contributed by atoms with van der Waals surface area (Å²) < 4.78 is 11.9. The van der Waals surface area contributed by atoms with Crippen LogP contribution >= 0.6 is 0 Å². The highest BCUT2D eigenvalue weighted by Gasteiger charge is 2.42. The minimum Gasteiger partial charge on any atom is -0.347 e. The molecule has 1 aromatic rings. The number of rotatable bonds is 3. The van der Waals surface area contributed by atoms with E-state index in [1.54, 1.807) is 0 Å². The second kappa shape index (κ2) is 6.45. The van der Waals surface area contributed by atoms with E-state index in [4.69, 9.17) is 9.47 Å². The van der Waals surface area contributed by atoms with E-state index in [-0.39, 0.29) is 17.9 Å². The average molecular weight is 290 g/mol. The minimum absolute atomic E-state index is 0.0513. The van der Waals surface area contributed by atoms with Crippen LogP contribution in [0.15, 0.2) is 30.3 Å². The number of hydrogen-bond acceptors (Lipinski definition) is 3. The van der Waals surface area contributed by atoms with Crippen LogP contribution in [-0.4, -0.2) is 31.1 Å². The number of hydrogen-bond donors (Lipinski definition) is 2. The Morgan fingerprint density at radius 2 is 1.95 bits per heavy atom. The summed E-state index contributed by atoms with van der Waals surface area (Å²) in [5, 5.41) is 5.63. The fourth-order valence-corrected chi connectivity index (χ4v) is 2.97. The van der Waals surface area contributed by atoms with Crippen molar-refractivity contribution >= 4 is 11.7 Å². The van der Waals surface area contributed by atoms with Gasteiger partial charge in [-0.15, -0.1) is 0 Å². The standard InChI is InChI=1S/C16H22N2O3/c19-15(18-13-7-3-1-4-8-13)17-11-14-12-20-16(21-14)9-5-2-6-10-16/h1,3-4,7-8,14H,2,5-6,9-12H2,(H2,17,18,19). The van der Waals surface area contributed by atoms with E-state index in [1.807, 2.05) is 30.3 Å². The van der Waals surface area contributed by atoms with Crippen molar-refractivity contribution in [1.82, 2.24) is 5.32 Å². The zero-order valence-electron chi connectivity index (χ0n) is 12.1. The maximum absolute atomic E-state index is 11.8. The lowest BCUT2D eigenvalue weighted by Gasteiger charge is -2.31. The van der Waals surface area contributed by atoms with Gasteiger partial charge in [0.25, 0.3) is 0 Å². The maximum atomic E-state index is 11.8. The monoisotopic (exact) mass is 290 g/mol. The van der Waals surface area contributed by atoms with Crippen molar-refractivity contribution in [3.05, 3.63) is 30.3 Å². The fraction of sp³-hybridized carbons (Fsp3) is 0.562. The van der Waals surface area contributed by atoms with Gasteiger partial charge in [0.05, 0.1) is 6.61 Å². The predicted octanol–water partition coefficient (Wildman–Crippen LogP) is 2.88. The van der Waals surface area contributed by atoms with Crippen LogP contribution in [0.2, 0.25) is 0 Å². The molecule has 1 aliphatic heterocycles. The molecule has 1 saturated carbocycles. The summed E-state index contributed by atoms with van der Waals surface area (Å²) in [7, 11) is 0. The number of amides is 2. The number of benzene rings is 1. The molecule has 114 valence electrons. The second-order valence-electron chi connectivity index (χ2n) is 5.72. The third-order valence-corrected chi connectivity index (χ3v) is 4.05. The smallest absolute Gasteiger partial charge is 0.319 e. The first kappa shape index (κ1) is 14.4. The van der Waals surface area contributed by atoms with Gasteiger partial charge in [-0.05, 0) is 25.0 Å². The molecule has 3 rings (SSSR count). The highest BCUT2D eigenvalue weighted by atomic mass is 16.7. The van der Waals surface area contributed by atoms with E-state index in [9.17, 15) is 4.79 Å². The zero-order chi connectivity index (χ0) is 14.5. The van der Waals surface area contributed by atoms with Crippen LogP contribution < -0.4 is 10.6 Å². The van der Waals surface area contributed by atoms with E-state index in [0.29, 0.717) is 13.2 Å². The molecule has 1 aromatic carbocycles. The molecule has 1 heterocycles. The molecular formula is C16H22N2O3. The number of carbonyl (C=O) groups is 1. The van der Waals surface area contributed by atoms with E-state index >= 15 is 0 Å². The molecule has 21 heavy (non-hydrogen) atoms. The van der Waals surface area contributed by atoms with Gasteiger partial charge in [-0.1, -0.05) is 24.6 Å². The Morgan fingerprint density at radius 3 is 2.71 bits per heavy atom. The highest BCUT2D eigenvalue weighted by Crippen LogP contribution is 2.37. The van der Waals surface area contributed by atoms with Gasteiger partial charge >= 0.3 is 6.03 Å². The SMILES string of the molecule is O=C(NCC1COC2(CCCCC2)O1)Nc1ccccc1. The molecule has 0 aromatic heterocycles. The number of anilines is 1. The van der Waals surface area contributed by atoms with E-state index < -0.39 is 0 Å². The van der Waals surface area contributed by atoms with E-state index in [2.05, 4.69) is 10.6 Å². The third-order valence-electron chi connectivity index (χ3n) is 4.05. The molecule has 2 amide bonds. The van der Waals surface area contributed by atoms with Gasteiger partial charge in [0.1, 0.15) is 6.10 Å². The first-order valence-electron chi connectivity index (χ1n) is 7.67. The summed E-state index contributed by atoms with van der Waals surface area (Å²) in [6.45, 7) is 1.03. The van der Waals surface area contributed by atoms with Crippen molar-refractivity contribution in [1.29, 1.82) is 0 Å². The molecule has 0 bridgehead atoms. The molecule has 0 radical (unpaired) electrons. The number of carbonyl (C=O) groups excluding carboxylic acids is 1. The van der Waals surface area contributed by atoms with Crippen molar-refractivity contribution in [3.63, 3.8) is 0 Å². The fourth-order valence-electron chi connectivity index (χ4n) is 2.97. The van der Waals surface area contributed by atoms with Crippen molar-refractivity contribution in [2.45, 2.75) is 44.0 Å². The van der Waals surface area contributed by atoms with Gasteiger partial charge in [0, 0.05) is 25.1 Å². The Kier molecular flexibility index (Phi) is 4.41. The third kappa shape index (κ3) is 3.74. The van der Waals surface area contributed by atoms with Gasteiger partial charge in [-0.3, -0.25) is 0 Å². The van der Waals surface area contributed by atoms with Crippen LogP contribution in [0.3, 0.4) is 0 Å². The van der Waals surface area contributed by atoms with Gasteiger partial charge < -0.3 is 20.1 Å².